The fraction of sp³-hybridized carbons (Fsp3) is 0.455. The van der Waals surface area contributed by atoms with Crippen molar-refractivity contribution in [2.45, 2.75) is 26.8 Å². The summed E-state index contributed by atoms with van der Waals surface area (Å²) in [5.41, 5.74) is 8.23. The molecular weight excluding hydrogens is 217 g/mol. The molecule has 78 valence electrons. The predicted molar refractivity (Wildman–Crippen MR) is 63.0 cm³/mol. The maximum atomic E-state index is 6.06. The molecule has 0 aliphatic heterocycles. The first-order valence-corrected chi connectivity index (χ1v) is 5.40. The Morgan fingerprint density at radius 2 is 1.64 bits per heavy atom. The Morgan fingerprint density at radius 1 is 1.14 bits per heavy atom. The molecule has 0 saturated carbocycles. The number of hydrogen-bond donors (Lipinski definition) is 1. The summed E-state index contributed by atoms with van der Waals surface area (Å²) in [6.45, 7) is 6.18. The first kappa shape index (κ1) is 11.8. The third-order valence-electron chi connectivity index (χ3n) is 2.39. The van der Waals surface area contributed by atoms with E-state index >= 15 is 0 Å². The Morgan fingerprint density at radius 3 is 2.14 bits per heavy atom. The first-order chi connectivity index (χ1) is 6.43. The van der Waals surface area contributed by atoms with Gasteiger partial charge in [0.2, 0.25) is 0 Å². The fourth-order valence-corrected chi connectivity index (χ4v) is 1.77. The van der Waals surface area contributed by atoms with Crippen LogP contribution in [0.15, 0.2) is 12.1 Å². The van der Waals surface area contributed by atoms with Crippen molar-refractivity contribution < 1.29 is 0 Å². The molecule has 14 heavy (non-hydrogen) atoms. The van der Waals surface area contributed by atoms with E-state index in [9.17, 15) is 0 Å². The van der Waals surface area contributed by atoms with E-state index in [0.717, 1.165) is 11.1 Å². The fourth-order valence-electron chi connectivity index (χ4n) is 1.38. The van der Waals surface area contributed by atoms with Gasteiger partial charge >= 0.3 is 0 Å². The zero-order valence-electron chi connectivity index (χ0n) is 8.64. The van der Waals surface area contributed by atoms with Gasteiger partial charge in [0.05, 0.1) is 10.0 Å². The van der Waals surface area contributed by atoms with E-state index in [4.69, 9.17) is 28.9 Å². The van der Waals surface area contributed by atoms with Crippen LogP contribution in [0.3, 0.4) is 0 Å². The van der Waals surface area contributed by atoms with Gasteiger partial charge in [-0.25, -0.2) is 0 Å². The van der Waals surface area contributed by atoms with Gasteiger partial charge in [-0.05, 0) is 36.1 Å². The van der Waals surface area contributed by atoms with Crippen molar-refractivity contribution in [1.82, 2.24) is 0 Å². The minimum atomic E-state index is 0.0183. The molecule has 0 aromatic heterocycles. The van der Waals surface area contributed by atoms with Gasteiger partial charge in [-0.1, -0.05) is 37.0 Å². The van der Waals surface area contributed by atoms with E-state index < -0.39 is 0 Å². The van der Waals surface area contributed by atoms with Crippen LogP contribution < -0.4 is 5.73 Å². The van der Waals surface area contributed by atoms with Gasteiger partial charge in [0, 0.05) is 6.04 Å². The second kappa shape index (κ2) is 4.52. The summed E-state index contributed by atoms with van der Waals surface area (Å²) in [5, 5.41) is 1.16. The van der Waals surface area contributed by atoms with Gasteiger partial charge in [-0.2, -0.15) is 0 Å². The summed E-state index contributed by atoms with van der Waals surface area (Å²) in [4.78, 5) is 0. The molecule has 1 atom stereocenters. The van der Waals surface area contributed by atoms with E-state index in [1.807, 2.05) is 19.1 Å². The van der Waals surface area contributed by atoms with Crippen LogP contribution in [0.25, 0.3) is 0 Å². The second-order valence-electron chi connectivity index (χ2n) is 3.89. The summed E-state index contributed by atoms with van der Waals surface area (Å²) >= 11 is 11.8. The monoisotopic (exact) mass is 231 g/mol. The molecule has 0 saturated heterocycles. The molecule has 1 aromatic rings. The second-order valence-corrected chi connectivity index (χ2v) is 4.71. The maximum Gasteiger partial charge on any atom is 0.0595 e. The van der Waals surface area contributed by atoms with Crippen LogP contribution in [0.2, 0.25) is 10.0 Å². The van der Waals surface area contributed by atoms with Crippen molar-refractivity contribution in [3.8, 4) is 0 Å². The zero-order chi connectivity index (χ0) is 10.9. The lowest BCUT2D eigenvalue weighted by Crippen LogP contribution is -2.17. The number of rotatable bonds is 2. The van der Waals surface area contributed by atoms with Crippen molar-refractivity contribution in [2.75, 3.05) is 0 Å². The number of hydrogen-bond acceptors (Lipinski definition) is 1. The quantitative estimate of drug-likeness (QED) is 0.820. The van der Waals surface area contributed by atoms with Gasteiger partial charge in [0.25, 0.3) is 0 Å². The third-order valence-corrected chi connectivity index (χ3v) is 3.11. The molecule has 1 unspecified atom stereocenters. The predicted octanol–water partition coefficient (Wildman–Crippen LogP) is 3.96. The smallest absolute Gasteiger partial charge is 0.0595 e. The van der Waals surface area contributed by atoms with Crippen molar-refractivity contribution in [3.05, 3.63) is 33.3 Å². The van der Waals surface area contributed by atoms with Crippen LogP contribution in [0, 0.1) is 12.8 Å². The van der Waals surface area contributed by atoms with Gasteiger partial charge in [0.1, 0.15) is 0 Å². The van der Waals surface area contributed by atoms with Crippen LogP contribution >= 0.6 is 23.2 Å². The highest BCUT2D eigenvalue weighted by Gasteiger charge is 2.14. The molecule has 0 spiro atoms. The number of nitrogens with two attached hydrogens (primary N) is 1. The molecule has 0 amide bonds. The zero-order valence-corrected chi connectivity index (χ0v) is 10.2. The van der Waals surface area contributed by atoms with Crippen LogP contribution in [-0.4, -0.2) is 0 Å². The first-order valence-electron chi connectivity index (χ1n) is 4.64. The molecule has 0 fully saturated rings. The molecule has 1 nitrogen and oxygen atoms in total. The highest BCUT2D eigenvalue weighted by Crippen LogP contribution is 2.30. The van der Waals surface area contributed by atoms with Gasteiger partial charge < -0.3 is 5.73 Å². The summed E-state index contributed by atoms with van der Waals surface area (Å²) in [6.07, 6.45) is 0. The Hall–Kier alpha value is -0.240. The number of halogens is 2. The topological polar surface area (TPSA) is 26.0 Å². The molecule has 0 aliphatic rings. The Balaban J connectivity index is 3.15. The van der Waals surface area contributed by atoms with E-state index in [1.165, 1.54) is 0 Å². The summed E-state index contributed by atoms with van der Waals surface area (Å²) in [5.74, 6) is 0.394. The average Bonchev–Trinajstić information content (AvgIpc) is 2.10. The molecule has 0 bridgehead atoms. The standard InChI is InChI=1S/C11H15Cl2N/c1-6(2)11(14)8-5-10(13)9(12)4-7(8)3/h4-6,11H,14H2,1-3H3. The van der Waals surface area contributed by atoms with Crippen molar-refractivity contribution in [2.24, 2.45) is 11.7 Å². The van der Waals surface area contributed by atoms with Gasteiger partial charge in [-0.3, -0.25) is 0 Å². The Labute approximate surface area is 95.2 Å². The van der Waals surface area contributed by atoms with Crippen molar-refractivity contribution in [1.29, 1.82) is 0 Å². The van der Waals surface area contributed by atoms with E-state index in [2.05, 4.69) is 13.8 Å². The molecule has 0 heterocycles. The Kier molecular flexibility index (Phi) is 3.82. The highest BCUT2D eigenvalue weighted by atomic mass is 35.5. The molecule has 1 aromatic carbocycles. The molecular formula is C11H15Cl2N. The Bertz CT molecular complexity index is 334. The lowest BCUT2D eigenvalue weighted by atomic mass is 9.94. The minimum absolute atomic E-state index is 0.0183. The number of aryl methyl sites for hydroxylation is 1. The highest BCUT2D eigenvalue weighted by molar-refractivity contribution is 6.42. The van der Waals surface area contributed by atoms with Crippen molar-refractivity contribution in [3.63, 3.8) is 0 Å². The average molecular weight is 232 g/mol. The largest absolute Gasteiger partial charge is 0.324 e. The van der Waals surface area contributed by atoms with Crippen LogP contribution in [0.1, 0.15) is 31.0 Å². The van der Waals surface area contributed by atoms with Gasteiger partial charge in [0.15, 0.2) is 0 Å². The van der Waals surface area contributed by atoms with E-state index in [1.54, 1.807) is 0 Å². The summed E-state index contributed by atoms with van der Waals surface area (Å²) in [7, 11) is 0. The molecule has 2 N–H and O–H groups in total. The maximum absolute atomic E-state index is 6.06. The van der Waals surface area contributed by atoms with Gasteiger partial charge in [-0.15, -0.1) is 0 Å². The van der Waals surface area contributed by atoms with Crippen LogP contribution in [0.4, 0.5) is 0 Å². The van der Waals surface area contributed by atoms with Crippen LogP contribution in [-0.2, 0) is 0 Å². The van der Waals surface area contributed by atoms with Crippen LogP contribution in [0.5, 0.6) is 0 Å². The lowest BCUT2D eigenvalue weighted by Gasteiger charge is -2.19. The molecule has 0 aliphatic carbocycles. The third kappa shape index (κ3) is 2.41. The molecule has 0 radical (unpaired) electrons. The van der Waals surface area contributed by atoms with E-state index in [0.29, 0.717) is 16.0 Å². The number of benzene rings is 1. The molecule has 1 rings (SSSR count). The molecule has 3 heteroatoms. The SMILES string of the molecule is Cc1cc(Cl)c(Cl)cc1C(N)C(C)C. The normalized spacial score (nSPS) is 13.4. The lowest BCUT2D eigenvalue weighted by molar-refractivity contribution is 0.512. The van der Waals surface area contributed by atoms with E-state index in [-0.39, 0.29) is 6.04 Å². The summed E-state index contributed by atoms with van der Waals surface area (Å²) in [6, 6.07) is 3.75. The van der Waals surface area contributed by atoms with Crippen molar-refractivity contribution >= 4 is 23.2 Å². The minimum Gasteiger partial charge on any atom is -0.324 e. The summed E-state index contributed by atoms with van der Waals surface area (Å²) < 4.78 is 0.